The Morgan fingerprint density at radius 2 is 2.10 bits per heavy atom. The molecule has 1 amide bonds. The fourth-order valence-corrected chi connectivity index (χ4v) is 1.68. The van der Waals surface area contributed by atoms with Crippen LogP contribution in [0.4, 0.5) is 13.2 Å². The molecule has 4 nitrogen and oxygen atoms in total. The molecule has 0 fully saturated rings. The van der Waals surface area contributed by atoms with Crippen molar-refractivity contribution < 1.29 is 18.0 Å². The van der Waals surface area contributed by atoms with Gasteiger partial charge in [-0.1, -0.05) is 18.2 Å². The molecule has 0 radical (unpaired) electrons. The fourth-order valence-electron chi connectivity index (χ4n) is 1.68. The Morgan fingerprint density at radius 1 is 1.30 bits per heavy atom. The van der Waals surface area contributed by atoms with E-state index in [1.54, 1.807) is 12.3 Å². The van der Waals surface area contributed by atoms with Gasteiger partial charge in [-0.2, -0.15) is 18.3 Å². The number of nitrogens with zero attached hydrogens (tertiary/aromatic N) is 1. The summed E-state index contributed by atoms with van der Waals surface area (Å²) in [6, 6.07) is 6.44. The smallest absolute Gasteiger partial charge is 0.350 e. The number of carbonyl (C=O) groups excluding carboxylic acids is 1. The average molecular weight is 283 g/mol. The second kappa shape index (κ2) is 5.77. The SMILES string of the molecule is O=C(Cc1cccc(C(F)(F)F)c1)NCc1ccn[nH]1. The van der Waals surface area contributed by atoms with Crippen molar-refractivity contribution in [3.63, 3.8) is 0 Å². The molecule has 20 heavy (non-hydrogen) atoms. The topological polar surface area (TPSA) is 57.8 Å². The molecule has 0 atom stereocenters. The highest BCUT2D eigenvalue weighted by Crippen LogP contribution is 2.29. The van der Waals surface area contributed by atoms with Gasteiger partial charge >= 0.3 is 6.18 Å². The van der Waals surface area contributed by atoms with Crippen molar-refractivity contribution in [3.05, 3.63) is 53.3 Å². The van der Waals surface area contributed by atoms with Crippen molar-refractivity contribution in [2.45, 2.75) is 19.1 Å². The van der Waals surface area contributed by atoms with E-state index < -0.39 is 11.7 Å². The second-order valence-corrected chi connectivity index (χ2v) is 4.23. The molecule has 0 aliphatic carbocycles. The van der Waals surface area contributed by atoms with Crippen LogP contribution in [0.2, 0.25) is 0 Å². The standard InChI is InChI=1S/C13H12F3N3O/c14-13(15,16)10-3-1-2-9(6-10)7-12(20)17-8-11-4-5-18-19-11/h1-6H,7-8H2,(H,17,20)(H,18,19). The Balaban J connectivity index is 1.94. The molecular weight excluding hydrogens is 271 g/mol. The minimum atomic E-state index is -4.40. The number of carbonyl (C=O) groups is 1. The van der Waals surface area contributed by atoms with Crippen LogP contribution < -0.4 is 5.32 Å². The maximum absolute atomic E-state index is 12.5. The quantitative estimate of drug-likeness (QED) is 0.904. The Kier molecular flexibility index (Phi) is 4.07. The van der Waals surface area contributed by atoms with Crippen LogP contribution >= 0.6 is 0 Å². The molecule has 1 aromatic carbocycles. The number of hydrogen-bond donors (Lipinski definition) is 2. The molecule has 0 bridgehead atoms. The maximum atomic E-state index is 12.5. The molecule has 0 aliphatic rings. The predicted octanol–water partition coefficient (Wildman–Crippen LogP) is 2.29. The molecule has 0 spiro atoms. The summed E-state index contributed by atoms with van der Waals surface area (Å²) in [6.07, 6.45) is -2.95. The van der Waals surface area contributed by atoms with Crippen molar-refractivity contribution in [2.24, 2.45) is 0 Å². The summed E-state index contributed by atoms with van der Waals surface area (Å²) in [7, 11) is 0. The lowest BCUT2D eigenvalue weighted by Gasteiger charge is -2.09. The number of aromatic nitrogens is 2. The van der Waals surface area contributed by atoms with Crippen molar-refractivity contribution in [1.82, 2.24) is 15.5 Å². The highest BCUT2D eigenvalue weighted by molar-refractivity contribution is 5.78. The Labute approximate surface area is 113 Å². The highest BCUT2D eigenvalue weighted by Gasteiger charge is 2.30. The molecule has 106 valence electrons. The van der Waals surface area contributed by atoms with Crippen LogP contribution in [0.15, 0.2) is 36.5 Å². The van der Waals surface area contributed by atoms with Crippen LogP contribution in [0.3, 0.4) is 0 Å². The lowest BCUT2D eigenvalue weighted by molar-refractivity contribution is -0.137. The summed E-state index contributed by atoms with van der Waals surface area (Å²) >= 11 is 0. The lowest BCUT2D eigenvalue weighted by atomic mass is 10.1. The Morgan fingerprint density at radius 3 is 2.75 bits per heavy atom. The van der Waals surface area contributed by atoms with Crippen molar-refractivity contribution in [3.8, 4) is 0 Å². The van der Waals surface area contributed by atoms with Gasteiger partial charge in [0.1, 0.15) is 0 Å². The van der Waals surface area contributed by atoms with Gasteiger partial charge in [-0.25, -0.2) is 0 Å². The minimum Gasteiger partial charge on any atom is -0.350 e. The first-order chi connectivity index (χ1) is 9.45. The number of hydrogen-bond acceptors (Lipinski definition) is 2. The van der Waals surface area contributed by atoms with E-state index in [0.717, 1.165) is 17.8 Å². The molecule has 0 unspecified atom stereocenters. The van der Waals surface area contributed by atoms with E-state index in [9.17, 15) is 18.0 Å². The van der Waals surface area contributed by atoms with Gasteiger partial charge < -0.3 is 5.32 Å². The summed E-state index contributed by atoms with van der Waals surface area (Å²) in [5.74, 6) is -0.348. The first kappa shape index (κ1) is 14.1. The Bertz CT molecular complexity index is 579. The maximum Gasteiger partial charge on any atom is 0.416 e. The first-order valence-corrected chi connectivity index (χ1v) is 5.86. The molecule has 0 aliphatic heterocycles. The van der Waals surface area contributed by atoms with Gasteiger partial charge in [0.2, 0.25) is 5.91 Å². The van der Waals surface area contributed by atoms with Gasteiger partial charge in [-0.15, -0.1) is 0 Å². The van der Waals surface area contributed by atoms with Crippen LogP contribution in [0.25, 0.3) is 0 Å². The zero-order valence-corrected chi connectivity index (χ0v) is 10.4. The number of aromatic amines is 1. The summed E-state index contributed by atoms with van der Waals surface area (Å²) in [5, 5.41) is 8.99. The van der Waals surface area contributed by atoms with Crippen LogP contribution in [0.1, 0.15) is 16.8 Å². The van der Waals surface area contributed by atoms with Gasteiger partial charge in [-0.05, 0) is 17.7 Å². The van der Waals surface area contributed by atoms with Gasteiger partial charge in [0.25, 0.3) is 0 Å². The van der Waals surface area contributed by atoms with Gasteiger partial charge in [0.05, 0.1) is 24.2 Å². The van der Waals surface area contributed by atoms with E-state index in [1.165, 1.54) is 12.1 Å². The Hall–Kier alpha value is -2.31. The largest absolute Gasteiger partial charge is 0.416 e. The third-order valence-electron chi connectivity index (χ3n) is 2.65. The second-order valence-electron chi connectivity index (χ2n) is 4.23. The van der Waals surface area contributed by atoms with Crippen LogP contribution in [0.5, 0.6) is 0 Å². The third-order valence-corrected chi connectivity index (χ3v) is 2.65. The molecule has 0 saturated carbocycles. The normalized spacial score (nSPS) is 11.3. The number of rotatable bonds is 4. The number of benzene rings is 1. The average Bonchev–Trinajstić information content (AvgIpc) is 2.89. The number of alkyl halides is 3. The molecule has 2 aromatic rings. The van der Waals surface area contributed by atoms with E-state index in [0.29, 0.717) is 5.56 Å². The third kappa shape index (κ3) is 3.84. The number of H-pyrrole nitrogens is 1. The van der Waals surface area contributed by atoms with E-state index in [4.69, 9.17) is 0 Å². The van der Waals surface area contributed by atoms with Gasteiger partial charge in [0, 0.05) is 6.20 Å². The van der Waals surface area contributed by atoms with Crippen molar-refractivity contribution in [1.29, 1.82) is 0 Å². The molecule has 2 N–H and O–H groups in total. The lowest BCUT2D eigenvalue weighted by Crippen LogP contribution is -2.24. The monoisotopic (exact) mass is 283 g/mol. The van der Waals surface area contributed by atoms with E-state index >= 15 is 0 Å². The van der Waals surface area contributed by atoms with Crippen LogP contribution in [-0.4, -0.2) is 16.1 Å². The summed E-state index contributed by atoms with van der Waals surface area (Å²) in [5.41, 5.74) is 0.292. The van der Waals surface area contributed by atoms with Crippen LogP contribution in [0, 0.1) is 0 Å². The van der Waals surface area contributed by atoms with Crippen molar-refractivity contribution in [2.75, 3.05) is 0 Å². The molecule has 1 heterocycles. The number of halogens is 3. The zero-order valence-electron chi connectivity index (χ0n) is 10.4. The predicted molar refractivity (Wildman–Crippen MR) is 65.6 cm³/mol. The molecule has 2 rings (SSSR count). The summed E-state index contributed by atoms with van der Waals surface area (Å²) in [4.78, 5) is 11.6. The molecule has 1 aromatic heterocycles. The minimum absolute atomic E-state index is 0.0991. The molecular formula is C13H12F3N3O. The molecule has 0 saturated heterocycles. The van der Waals surface area contributed by atoms with E-state index in [2.05, 4.69) is 15.5 Å². The first-order valence-electron chi connectivity index (χ1n) is 5.86. The summed E-state index contributed by atoms with van der Waals surface area (Å²) < 4.78 is 37.6. The zero-order chi connectivity index (χ0) is 14.6. The van der Waals surface area contributed by atoms with Crippen LogP contribution in [-0.2, 0) is 23.9 Å². The van der Waals surface area contributed by atoms with E-state index in [1.807, 2.05) is 0 Å². The number of nitrogens with one attached hydrogen (secondary N) is 2. The number of amides is 1. The van der Waals surface area contributed by atoms with Gasteiger partial charge in [-0.3, -0.25) is 9.89 Å². The van der Waals surface area contributed by atoms with E-state index in [-0.39, 0.29) is 18.9 Å². The van der Waals surface area contributed by atoms with Crippen molar-refractivity contribution >= 4 is 5.91 Å². The van der Waals surface area contributed by atoms with Gasteiger partial charge in [0.15, 0.2) is 0 Å². The fraction of sp³-hybridized carbons (Fsp3) is 0.231. The highest BCUT2D eigenvalue weighted by atomic mass is 19.4. The summed E-state index contributed by atoms with van der Waals surface area (Å²) in [6.45, 7) is 0.262. The molecule has 7 heteroatoms.